The summed E-state index contributed by atoms with van der Waals surface area (Å²) in [5.41, 5.74) is 0.642. The number of nitro groups is 1. The molecule has 2 bridgehead atoms. The third kappa shape index (κ3) is 3.51. The van der Waals surface area contributed by atoms with Crippen LogP contribution in [0.25, 0.3) is 0 Å². The summed E-state index contributed by atoms with van der Waals surface area (Å²) in [5.74, 6) is 1.30. The van der Waals surface area contributed by atoms with Crippen LogP contribution in [0, 0.1) is 16.0 Å². The summed E-state index contributed by atoms with van der Waals surface area (Å²) in [5, 5.41) is 11.1. The van der Waals surface area contributed by atoms with Gasteiger partial charge in [-0.1, -0.05) is 6.07 Å². The maximum absolute atomic E-state index is 13.0. The van der Waals surface area contributed by atoms with Crippen LogP contribution < -0.4 is 15.0 Å². The predicted molar refractivity (Wildman–Crippen MR) is 108 cm³/mol. The molecule has 2 atom stereocenters. The summed E-state index contributed by atoms with van der Waals surface area (Å²) in [7, 11) is 3.12. The maximum Gasteiger partial charge on any atom is 0.334 e. The molecule has 2 aromatic rings. The first-order chi connectivity index (χ1) is 14.4. The number of hydrogen-bond donors (Lipinski definition) is 0. The molecule has 2 unspecified atom stereocenters. The van der Waals surface area contributed by atoms with Crippen molar-refractivity contribution in [2.24, 2.45) is 5.92 Å². The molecule has 0 saturated carbocycles. The Morgan fingerprint density at radius 1 is 1.13 bits per heavy atom. The first-order valence-electron chi connectivity index (χ1n) is 9.78. The summed E-state index contributed by atoms with van der Waals surface area (Å²) in [4.78, 5) is 37.7. The number of amides is 1. The number of fused-ring (bicyclic) bond motifs is 4. The highest BCUT2D eigenvalue weighted by atomic mass is 16.6. The highest BCUT2D eigenvalue weighted by Gasteiger charge is 2.37. The second-order valence-corrected chi connectivity index (χ2v) is 7.78. The molecule has 9 heteroatoms. The normalized spacial score (nSPS) is 19.7. The van der Waals surface area contributed by atoms with Crippen molar-refractivity contribution in [1.29, 1.82) is 0 Å². The van der Waals surface area contributed by atoms with Crippen LogP contribution >= 0.6 is 0 Å². The smallest absolute Gasteiger partial charge is 0.334 e. The number of pyridine rings is 1. The Morgan fingerprint density at radius 2 is 1.90 bits per heavy atom. The van der Waals surface area contributed by atoms with Gasteiger partial charge in [0.05, 0.1) is 25.6 Å². The van der Waals surface area contributed by atoms with E-state index in [9.17, 15) is 19.7 Å². The highest BCUT2D eigenvalue weighted by Crippen LogP contribution is 2.36. The minimum atomic E-state index is -0.640. The van der Waals surface area contributed by atoms with Gasteiger partial charge in [-0.15, -0.1) is 0 Å². The van der Waals surface area contributed by atoms with Crippen LogP contribution in [0.1, 0.15) is 23.6 Å². The number of aromatic nitrogens is 1. The van der Waals surface area contributed by atoms with E-state index in [1.807, 2.05) is 11.0 Å². The molecule has 0 spiro atoms. The molecule has 0 N–H and O–H groups in total. The standard InChI is InChI=1S/C21H23N3O6/c1-29-18-6-3-13(8-19(18)30-2)9-20(25)22-10-14-7-15(12-22)16-4-5-17(24(27)28)21(26)23(16)11-14/h3-6,8,14-15H,7,9-12H2,1-2H3. The van der Waals surface area contributed by atoms with Crippen LogP contribution in [-0.2, 0) is 17.8 Å². The fourth-order valence-corrected chi connectivity index (χ4v) is 4.55. The van der Waals surface area contributed by atoms with E-state index in [0.717, 1.165) is 17.7 Å². The predicted octanol–water partition coefficient (Wildman–Crippen LogP) is 1.96. The molecule has 2 aliphatic rings. The lowest BCUT2D eigenvalue weighted by Gasteiger charge is -2.42. The summed E-state index contributed by atoms with van der Waals surface area (Å²) in [6, 6.07) is 8.36. The van der Waals surface area contributed by atoms with E-state index < -0.39 is 16.2 Å². The number of likely N-dealkylation sites (tertiary alicyclic amines) is 1. The number of rotatable bonds is 5. The van der Waals surface area contributed by atoms with Crippen LogP contribution in [0.4, 0.5) is 5.69 Å². The largest absolute Gasteiger partial charge is 0.493 e. The van der Waals surface area contributed by atoms with Gasteiger partial charge in [-0.3, -0.25) is 19.7 Å². The Bertz CT molecular complexity index is 1060. The van der Waals surface area contributed by atoms with E-state index >= 15 is 0 Å². The van der Waals surface area contributed by atoms with Gasteiger partial charge in [0.25, 0.3) is 0 Å². The molecule has 0 radical (unpaired) electrons. The van der Waals surface area contributed by atoms with E-state index in [4.69, 9.17) is 9.47 Å². The fraction of sp³-hybridized carbons (Fsp3) is 0.429. The lowest BCUT2D eigenvalue weighted by atomic mass is 9.83. The quantitative estimate of drug-likeness (QED) is 0.548. The molecule has 2 aliphatic heterocycles. The van der Waals surface area contributed by atoms with Crippen LogP contribution in [0.2, 0.25) is 0 Å². The van der Waals surface area contributed by atoms with Gasteiger partial charge in [0.1, 0.15) is 0 Å². The number of hydrogen-bond acceptors (Lipinski definition) is 6. The van der Waals surface area contributed by atoms with Gasteiger partial charge in [0, 0.05) is 37.3 Å². The highest BCUT2D eigenvalue weighted by molar-refractivity contribution is 5.79. The molecule has 1 fully saturated rings. The van der Waals surface area contributed by atoms with E-state index in [-0.39, 0.29) is 24.2 Å². The lowest BCUT2D eigenvalue weighted by molar-refractivity contribution is -0.386. The van der Waals surface area contributed by atoms with Crippen LogP contribution in [-0.4, -0.2) is 47.6 Å². The Hall–Kier alpha value is -3.36. The minimum absolute atomic E-state index is 0.000331. The fourth-order valence-electron chi connectivity index (χ4n) is 4.55. The molecule has 158 valence electrons. The van der Waals surface area contributed by atoms with Crippen molar-refractivity contribution in [2.75, 3.05) is 27.3 Å². The zero-order chi connectivity index (χ0) is 21.4. The first kappa shape index (κ1) is 19.9. The van der Waals surface area contributed by atoms with Crippen LogP contribution in [0.5, 0.6) is 11.5 Å². The maximum atomic E-state index is 13.0. The average Bonchev–Trinajstić information content (AvgIpc) is 2.74. The molecule has 1 saturated heterocycles. The second-order valence-electron chi connectivity index (χ2n) is 7.78. The second kappa shape index (κ2) is 7.81. The van der Waals surface area contributed by atoms with Crippen molar-refractivity contribution in [1.82, 2.24) is 9.47 Å². The first-order valence-corrected chi connectivity index (χ1v) is 9.78. The van der Waals surface area contributed by atoms with Gasteiger partial charge >= 0.3 is 11.2 Å². The van der Waals surface area contributed by atoms with Gasteiger partial charge in [-0.25, -0.2) is 0 Å². The van der Waals surface area contributed by atoms with Gasteiger partial charge in [0.15, 0.2) is 11.5 Å². The Balaban J connectivity index is 1.53. The van der Waals surface area contributed by atoms with Gasteiger partial charge in [0.2, 0.25) is 5.91 Å². The van der Waals surface area contributed by atoms with Gasteiger partial charge in [-0.05, 0) is 36.1 Å². The Morgan fingerprint density at radius 3 is 2.60 bits per heavy atom. The third-order valence-electron chi connectivity index (χ3n) is 5.94. The topological polar surface area (TPSA) is 104 Å². The summed E-state index contributed by atoms with van der Waals surface area (Å²) in [6.45, 7) is 1.43. The zero-order valence-electron chi connectivity index (χ0n) is 16.9. The molecule has 30 heavy (non-hydrogen) atoms. The average molecular weight is 413 g/mol. The van der Waals surface area contributed by atoms with E-state index in [1.54, 1.807) is 32.4 Å². The van der Waals surface area contributed by atoms with Crippen molar-refractivity contribution in [3.63, 3.8) is 0 Å². The Labute approximate surface area is 173 Å². The SMILES string of the molecule is COc1ccc(CC(=O)N2CC3CC(C2)c2ccc([N+](=O)[O-])c(=O)n2C3)cc1OC. The van der Waals surface area contributed by atoms with Crippen molar-refractivity contribution >= 4 is 11.6 Å². The molecule has 4 rings (SSSR count). The molecular weight excluding hydrogens is 390 g/mol. The molecule has 1 amide bonds. The summed E-state index contributed by atoms with van der Waals surface area (Å²) in [6.07, 6.45) is 1.12. The molecular formula is C21H23N3O6. The zero-order valence-corrected chi connectivity index (χ0v) is 16.9. The molecule has 1 aromatic carbocycles. The van der Waals surface area contributed by atoms with Crippen LogP contribution in [0.15, 0.2) is 35.1 Å². The number of benzene rings is 1. The molecule has 0 aliphatic carbocycles. The minimum Gasteiger partial charge on any atom is -0.493 e. The number of nitrogens with zero attached hydrogens (tertiary/aromatic N) is 3. The molecule has 9 nitrogen and oxygen atoms in total. The molecule has 1 aromatic heterocycles. The molecule has 3 heterocycles. The van der Waals surface area contributed by atoms with Crippen molar-refractivity contribution in [2.45, 2.75) is 25.3 Å². The summed E-state index contributed by atoms with van der Waals surface area (Å²) >= 11 is 0. The number of ether oxygens (including phenoxy) is 2. The number of carbonyl (C=O) groups excluding carboxylic acids is 1. The number of carbonyl (C=O) groups is 1. The van der Waals surface area contributed by atoms with Crippen molar-refractivity contribution in [3.05, 3.63) is 62.1 Å². The summed E-state index contributed by atoms with van der Waals surface area (Å²) < 4.78 is 12.1. The Kier molecular flexibility index (Phi) is 5.19. The monoisotopic (exact) mass is 413 g/mol. The van der Waals surface area contributed by atoms with Gasteiger partial charge in [-0.2, -0.15) is 0 Å². The lowest BCUT2D eigenvalue weighted by Crippen LogP contribution is -2.49. The third-order valence-corrected chi connectivity index (χ3v) is 5.94. The van der Waals surface area contributed by atoms with Crippen molar-refractivity contribution < 1.29 is 19.2 Å². The van der Waals surface area contributed by atoms with Crippen molar-refractivity contribution in [3.8, 4) is 11.5 Å². The van der Waals surface area contributed by atoms with E-state index in [2.05, 4.69) is 0 Å². The number of methoxy groups -OCH3 is 2. The van der Waals surface area contributed by atoms with E-state index in [0.29, 0.717) is 31.1 Å². The van der Waals surface area contributed by atoms with Crippen LogP contribution in [0.3, 0.4) is 0 Å². The van der Waals surface area contributed by atoms with E-state index in [1.165, 1.54) is 10.6 Å². The number of piperidine rings is 1. The van der Waals surface area contributed by atoms with Gasteiger partial charge < -0.3 is 18.9 Å².